The molecule has 0 aromatic heterocycles. The highest BCUT2D eigenvalue weighted by Gasteiger charge is 2.18. The maximum absolute atomic E-state index is 11.9. The average molecular weight is 197 g/mol. The summed E-state index contributed by atoms with van der Waals surface area (Å²) in [6.45, 7) is 0. The van der Waals surface area contributed by atoms with Gasteiger partial charge in [-0.25, -0.2) is 8.78 Å². The highest BCUT2D eigenvalue weighted by Crippen LogP contribution is 2.09. The van der Waals surface area contributed by atoms with E-state index >= 15 is 0 Å². The van der Waals surface area contributed by atoms with Crippen molar-refractivity contribution in [1.82, 2.24) is 5.32 Å². The quantitative estimate of drug-likeness (QED) is 0.307. The van der Waals surface area contributed by atoms with Gasteiger partial charge in [-0.05, 0) is 0 Å². The lowest BCUT2D eigenvalue weighted by molar-refractivity contribution is -0.104. The van der Waals surface area contributed by atoms with E-state index in [4.69, 9.17) is 17.0 Å². The van der Waals surface area contributed by atoms with Gasteiger partial charge in [-0.15, -0.1) is 0 Å². The Morgan fingerprint density at radius 2 is 2.17 bits per heavy atom. The average Bonchev–Trinajstić information content (AvgIpc) is 2.05. The van der Waals surface area contributed by atoms with Crippen molar-refractivity contribution in [1.29, 1.82) is 5.41 Å². The van der Waals surface area contributed by atoms with Gasteiger partial charge in [-0.1, -0.05) is 11.6 Å². The van der Waals surface area contributed by atoms with Gasteiger partial charge in [0.1, 0.15) is 10.9 Å². The van der Waals surface area contributed by atoms with Crippen LogP contribution in [-0.2, 0) is 4.79 Å². The third-order valence-electron chi connectivity index (χ3n) is 1.08. The number of rotatable bonds is 4. The molecule has 0 atom stereocenters. The zero-order valence-electron chi connectivity index (χ0n) is 6.20. The molecule has 12 heavy (non-hydrogen) atoms. The maximum Gasteiger partial charge on any atom is 0.280 e. The monoisotopic (exact) mass is 196 g/mol. The molecule has 0 fully saturated rings. The highest BCUT2D eigenvalue weighted by molar-refractivity contribution is 6.35. The number of allylic oxidation sites excluding steroid dienone is 1. The van der Waals surface area contributed by atoms with Gasteiger partial charge in [0.15, 0.2) is 6.29 Å². The summed E-state index contributed by atoms with van der Waals surface area (Å²) in [6, 6.07) is 0. The first-order valence-electron chi connectivity index (χ1n) is 2.94. The molecular weight excluding hydrogens is 190 g/mol. The maximum atomic E-state index is 11.9. The molecular formula is C6H7ClF2N2O. The van der Waals surface area contributed by atoms with Crippen LogP contribution >= 0.6 is 11.6 Å². The number of hydrogen-bond donors (Lipinski definition) is 2. The Morgan fingerprint density at radius 1 is 1.67 bits per heavy atom. The van der Waals surface area contributed by atoms with Gasteiger partial charge in [0.25, 0.3) is 6.43 Å². The predicted molar refractivity (Wildman–Crippen MR) is 41.7 cm³/mol. The molecule has 2 N–H and O–H groups in total. The molecule has 0 aliphatic rings. The van der Waals surface area contributed by atoms with Gasteiger partial charge in [-0.2, -0.15) is 0 Å². The van der Waals surface area contributed by atoms with Crippen LogP contribution in [0, 0.1) is 5.41 Å². The van der Waals surface area contributed by atoms with Gasteiger partial charge in [-0.3, -0.25) is 10.2 Å². The summed E-state index contributed by atoms with van der Waals surface area (Å²) in [5, 5.41) is 8.81. The minimum atomic E-state index is -2.99. The van der Waals surface area contributed by atoms with Crippen LogP contribution in [0.15, 0.2) is 10.7 Å². The lowest BCUT2D eigenvalue weighted by Crippen LogP contribution is -2.17. The number of alkyl halides is 2. The molecule has 0 radical (unpaired) electrons. The number of nitrogens with one attached hydrogen (secondary N) is 2. The second-order valence-corrected chi connectivity index (χ2v) is 2.19. The van der Waals surface area contributed by atoms with E-state index in [-0.39, 0.29) is 11.4 Å². The fourth-order valence-corrected chi connectivity index (χ4v) is 0.632. The van der Waals surface area contributed by atoms with E-state index in [1.165, 1.54) is 7.05 Å². The molecule has 0 aromatic carbocycles. The zero-order chi connectivity index (χ0) is 9.72. The molecule has 0 bridgehead atoms. The van der Waals surface area contributed by atoms with Gasteiger partial charge in [0.2, 0.25) is 0 Å². The van der Waals surface area contributed by atoms with Crippen LogP contribution in [0.25, 0.3) is 0 Å². The Bertz CT molecular complexity index is 228. The van der Waals surface area contributed by atoms with Crippen molar-refractivity contribution in [3.05, 3.63) is 10.7 Å². The van der Waals surface area contributed by atoms with Crippen molar-refractivity contribution in [2.24, 2.45) is 0 Å². The summed E-state index contributed by atoms with van der Waals surface area (Å²) in [5.41, 5.74) is -1.60. The van der Waals surface area contributed by atoms with E-state index in [9.17, 15) is 13.6 Å². The van der Waals surface area contributed by atoms with E-state index in [0.717, 1.165) is 0 Å². The molecule has 0 unspecified atom stereocenters. The number of carbonyl (C=O) groups is 1. The third-order valence-corrected chi connectivity index (χ3v) is 1.47. The van der Waals surface area contributed by atoms with Crippen LogP contribution in [0.3, 0.4) is 0 Å². The molecule has 0 saturated carbocycles. The molecule has 0 aliphatic carbocycles. The molecule has 0 spiro atoms. The SMILES string of the molecule is CN/C(Cl)=C(/C=O)C(=N)C(F)F. The van der Waals surface area contributed by atoms with Crippen LogP contribution in [0.4, 0.5) is 8.78 Å². The first kappa shape index (κ1) is 11.0. The van der Waals surface area contributed by atoms with Crippen molar-refractivity contribution in [3.8, 4) is 0 Å². The first-order chi connectivity index (χ1) is 5.54. The Hall–Kier alpha value is -0.970. The lowest BCUT2D eigenvalue weighted by Gasteiger charge is -2.04. The minimum Gasteiger partial charge on any atom is -0.378 e. The molecule has 0 aliphatic heterocycles. The number of carbonyl (C=O) groups excluding carboxylic acids is 1. The van der Waals surface area contributed by atoms with E-state index in [1.807, 2.05) is 0 Å². The van der Waals surface area contributed by atoms with E-state index in [2.05, 4.69) is 5.32 Å². The Labute approximate surface area is 72.9 Å². The molecule has 0 rings (SSSR count). The Kier molecular flexibility index (Phi) is 4.43. The smallest absolute Gasteiger partial charge is 0.280 e. The third kappa shape index (κ3) is 2.58. The molecule has 3 nitrogen and oxygen atoms in total. The molecule has 68 valence electrons. The fourth-order valence-electron chi connectivity index (χ4n) is 0.486. The molecule has 6 heteroatoms. The minimum absolute atomic E-state index is 0.118. The van der Waals surface area contributed by atoms with E-state index in [0.29, 0.717) is 0 Å². The van der Waals surface area contributed by atoms with Gasteiger partial charge >= 0.3 is 0 Å². The topological polar surface area (TPSA) is 53.0 Å². The second-order valence-electron chi connectivity index (χ2n) is 1.81. The van der Waals surface area contributed by atoms with Crippen molar-refractivity contribution in [2.45, 2.75) is 6.43 Å². The van der Waals surface area contributed by atoms with Crippen molar-refractivity contribution in [3.63, 3.8) is 0 Å². The Balaban J connectivity index is 4.79. The number of hydrogen-bond acceptors (Lipinski definition) is 3. The predicted octanol–water partition coefficient (Wildman–Crippen LogP) is 1.14. The summed E-state index contributed by atoms with van der Waals surface area (Å²) in [4.78, 5) is 10.2. The summed E-state index contributed by atoms with van der Waals surface area (Å²) in [5.74, 6) is 0. The van der Waals surface area contributed by atoms with Gasteiger partial charge in [0.05, 0.1) is 5.57 Å². The second kappa shape index (κ2) is 4.82. The van der Waals surface area contributed by atoms with Gasteiger partial charge in [0, 0.05) is 7.05 Å². The van der Waals surface area contributed by atoms with Crippen LogP contribution in [0.1, 0.15) is 0 Å². The van der Waals surface area contributed by atoms with E-state index < -0.39 is 17.7 Å². The van der Waals surface area contributed by atoms with Crippen molar-refractivity contribution in [2.75, 3.05) is 7.05 Å². The summed E-state index contributed by atoms with van der Waals surface area (Å²) in [7, 11) is 1.37. The van der Waals surface area contributed by atoms with Crippen molar-refractivity contribution >= 4 is 23.6 Å². The molecule has 0 amide bonds. The lowest BCUT2D eigenvalue weighted by atomic mass is 10.2. The number of aldehydes is 1. The van der Waals surface area contributed by atoms with Crippen LogP contribution < -0.4 is 5.32 Å². The Morgan fingerprint density at radius 3 is 2.42 bits per heavy atom. The largest absolute Gasteiger partial charge is 0.378 e. The van der Waals surface area contributed by atoms with E-state index in [1.54, 1.807) is 0 Å². The van der Waals surface area contributed by atoms with Crippen LogP contribution in [0.5, 0.6) is 0 Å². The summed E-state index contributed by atoms with van der Waals surface area (Å²) >= 11 is 5.33. The normalized spacial score (nSPS) is 12.4. The zero-order valence-corrected chi connectivity index (χ0v) is 6.95. The fraction of sp³-hybridized carbons (Fsp3) is 0.333. The van der Waals surface area contributed by atoms with Gasteiger partial charge < -0.3 is 5.32 Å². The van der Waals surface area contributed by atoms with Crippen LogP contribution in [-0.4, -0.2) is 25.5 Å². The molecule has 0 aromatic rings. The molecule has 0 saturated heterocycles. The number of halogens is 3. The molecule has 0 heterocycles. The standard InChI is InChI=1S/C6H7ClF2N2O/c1-11-5(7)3(2-12)4(10)6(8)9/h2,6,10-11H,1H3/b5-3-,10-4?. The summed E-state index contributed by atoms with van der Waals surface area (Å²) < 4.78 is 23.7. The summed E-state index contributed by atoms with van der Waals surface area (Å²) in [6.07, 6.45) is -2.87. The van der Waals surface area contributed by atoms with Crippen molar-refractivity contribution < 1.29 is 13.6 Å². The first-order valence-corrected chi connectivity index (χ1v) is 3.32. The van der Waals surface area contributed by atoms with Crippen LogP contribution in [0.2, 0.25) is 0 Å². The highest BCUT2D eigenvalue weighted by atomic mass is 35.5.